The van der Waals surface area contributed by atoms with Gasteiger partial charge in [-0.1, -0.05) is 0 Å². The molecule has 0 amide bonds. The van der Waals surface area contributed by atoms with Gasteiger partial charge in [-0.25, -0.2) is 4.39 Å². The summed E-state index contributed by atoms with van der Waals surface area (Å²) >= 11 is 0. The van der Waals surface area contributed by atoms with Crippen molar-refractivity contribution in [3.05, 3.63) is 24.0 Å². The molecule has 0 heterocycles. The number of benzene rings is 1. The Kier molecular flexibility index (Phi) is 3.90. The first-order chi connectivity index (χ1) is 7.29. The van der Waals surface area contributed by atoms with Crippen molar-refractivity contribution in [2.24, 2.45) is 0 Å². The normalized spacial score (nSPS) is 13.8. The van der Waals surface area contributed by atoms with Crippen LogP contribution in [-0.4, -0.2) is 16.1 Å². The van der Waals surface area contributed by atoms with Crippen LogP contribution < -0.4 is 5.73 Å². The zero-order valence-corrected chi connectivity index (χ0v) is 8.87. The zero-order valence-electron chi connectivity index (χ0n) is 8.05. The molecule has 0 saturated carbocycles. The average molecular weight is 255 g/mol. The number of nitrogen functional groups attached to an aromatic ring is 1. The summed E-state index contributed by atoms with van der Waals surface area (Å²) in [5.41, 5.74) is 5.25. The number of hydrogen-bond donors (Lipinski definition) is 1. The van der Waals surface area contributed by atoms with Gasteiger partial charge in [0, 0.05) is 5.75 Å². The highest BCUT2D eigenvalue weighted by Crippen LogP contribution is 2.23. The van der Waals surface area contributed by atoms with Gasteiger partial charge in [0.1, 0.15) is 5.82 Å². The monoisotopic (exact) mass is 255 g/mol. The molecule has 0 aliphatic carbocycles. The molecule has 90 valence electrons. The van der Waals surface area contributed by atoms with E-state index in [2.05, 4.69) is 0 Å². The topological polar surface area (TPSA) is 43.1 Å². The fourth-order valence-electron chi connectivity index (χ4n) is 1.05. The smallest absolute Gasteiger partial charge is 0.390 e. The summed E-state index contributed by atoms with van der Waals surface area (Å²) in [7, 11) is -1.86. The molecule has 1 atom stereocenters. The molecule has 0 fully saturated rings. The van der Waals surface area contributed by atoms with E-state index >= 15 is 0 Å². The van der Waals surface area contributed by atoms with Crippen molar-refractivity contribution in [1.29, 1.82) is 0 Å². The van der Waals surface area contributed by atoms with Gasteiger partial charge in [0.15, 0.2) is 0 Å². The van der Waals surface area contributed by atoms with E-state index in [-0.39, 0.29) is 10.6 Å². The summed E-state index contributed by atoms with van der Waals surface area (Å²) in [5, 5.41) is 0. The van der Waals surface area contributed by atoms with E-state index in [4.69, 9.17) is 5.73 Å². The number of hydrogen-bond acceptors (Lipinski definition) is 2. The quantitative estimate of drug-likeness (QED) is 0.666. The first-order valence-corrected chi connectivity index (χ1v) is 5.61. The SMILES string of the molecule is Nc1cc(F)ccc1S(=O)CCC(F)(F)F. The number of anilines is 1. The lowest BCUT2D eigenvalue weighted by atomic mass is 10.3. The second-order valence-electron chi connectivity index (χ2n) is 3.10. The fraction of sp³-hybridized carbons (Fsp3) is 0.333. The summed E-state index contributed by atoms with van der Waals surface area (Å²) in [4.78, 5) is 0.0330. The molecule has 1 unspecified atom stereocenters. The van der Waals surface area contributed by atoms with Gasteiger partial charge < -0.3 is 5.73 Å². The second-order valence-corrected chi connectivity index (χ2v) is 4.64. The largest absolute Gasteiger partial charge is 0.398 e. The number of alkyl halides is 3. The molecule has 0 saturated heterocycles. The maximum atomic E-state index is 12.6. The highest BCUT2D eigenvalue weighted by atomic mass is 32.2. The molecule has 0 aromatic heterocycles. The van der Waals surface area contributed by atoms with Gasteiger partial charge in [-0.3, -0.25) is 4.21 Å². The number of rotatable bonds is 3. The van der Waals surface area contributed by atoms with Crippen molar-refractivity contribution < 1.29 is 21.8 Å². The molecule has 2 nitrogen and oxygen atoms in total. The third kappa shape index (κ3) is 3.80. The second kappa shape index (κ2) is 4.82. The highest BCUT2D eigenvalue weighted by molar-refractivity contribution is 7.85. The maximum Gasteiger partial charge on any atom is 0.390 e. The predicted octanol–water partition coefficient (Wildman–Crippen LogP) is 2.47. The fourth-order valence-corrected chi connectivity index (χ4v) is 2.22. The third-order valence-electron chi connectivity index (χ3n) is 1.79. The molecule has 2 N–H and O–H groups in total. The Hall–Kier alpha value is -1.11. The van der Waals surface area contributed by atoms with Gasteiger partial charge in [0.25, 0.3) is 0 Å². The van der Waals surface area contributed by atoms with Crippen molar-refractivity contribution in [2.45, 2.75) is 17.5 Å². The van der Waals surface area contributed by atoms with Crippen LogP contribution in [-0.2, 0) is 10.8 Å². The Morgan fingerprint density at radius 3 is 2.44 bits per heavy atom. The summed E-state index contributed by atoms with van der Waals surface area (Å²) in [6.07, 6.45) is -5.51. The lowest BCUT2D eigenvalue weighted by molar-refractivity contribution is -0.129. The molecule has 0 bridgehead atoms. The van der Waals surface area contributed by atoms with Gasteiger partial charge >= 0.3 is 6.18 Å². The molecule has 16 heavy (non-hydrogen) atoms. The van der Waals surface area contributed by atoms with Crippen molar-refractivity contribution >= 4 is 16.5 Å². The lowest BCUT2D eigenvalue weighted by Gasteiger charge is -2.07. The van der Waals surface area contributed by atoms with E-state index in [1.165, 1.54) is 0 Å². The van der Waals surface area contributed by atoms with Crippen LogP contribution in [0.3, 0.4) is 0 Å². The minimum atomic E-state index is -4.36. The van der Waals surface area contributed by atoms with Gasteiger partial charge in [-0.05, 0) is 18.2 Å². The summed E-state index contributed by atoms with van der Waals surface area (Å²) < 4.78 is 59.7. The van der Waals surface area contributed by atoms with E-state index in [9.17, 15) is 21.8 Å². The Balaban J connectivity index is 2.74. The summed E-state index contributed by atoms with van der Waals surface area (Å²) in [5.74, 6) is -1.19. The highest BCUT2D eigenvalue weighted by Gasteiger charge is 2.28. The molecule has 1 rings (SSSR count). The molecule has 0 radical (unpaired) electrons. The minimum Gasteiger partial charge on any atom is -0.398 e. The molecule has 0 aliphatic rings. The summed E-state index contributed by atoms with van der Waals surface area (Å²) in [6.45, 7) is 0. The van der Waals surface area contributed by atoms with Gasteiger partial charge in [-0.15, -0.1) is 0 Å². The van der Waals surface area contributed by atoms with E-state index in [0.29, 0.717) is 0 Å². The van der Waals surface area contributed by atoms with Crippen LogP contribution in [0.15, 0.2) is 23.1 Å². The van der Waals surface area contributed by atoms with Crippen molar-refractivity contribution in [1.82, 2.24) is 0 Å². The molecular formula is C9H9F4NOS. The number of nitrogens with two attached hydrogens (primary N) is 1. The van der Waals surface area contributed by atoms with Gasteiger partial charge in [-0.2, -0.15) is 13.2 Å². The van der Waals surface area contributed by atoms with Crippen LogP contribution in [0, 0.1) is 5.82 Å². The molecule has 0 spiro atoms. The van der Waals surface area contributed by atoms with E-state index in [1.807, 2.05) is 0 Å². The Bertz CT molecular complexity index is 405. The van der Waals surface area contributed by atoms with E-state index in [1.54, 1.807) is 0 Å². The summed E-state index contributed by atoms with van der Waals surface area (Å²) in [6, 6.07) is 3.08. The Labute approximate surface area is 91.9 Å². The van der Waals surface area contributed by atoms with E-state index in [0.717, 1.165) is 18.2 Å². The zero-order chi connectivity index (χ0) is 12.3. The standard InChI is InChI=1S/C9H9F4NOS/c10-6-1-2-8(7(14)5-6)16(15)4-3-9(11,12)13/h1-2,5H,3-4,14H2. The number of halogens is 4. The van der Waals surface area contributed by atoms with Gasteiger partial charge in [0.05, 0.1) is 27.8 Å². The van der Waals surface area contributed by atoms with Crippen molar-refractivity contribution in [2.75, 3.05) is 11.5 Å². The van der Waals surface area contributed by atoms with Crippen molar-refractivity contribution in [3.63, 3.8) is 0 Å². The van der Waals surface area contributed by atoms with Crippen LogP contribution in [0.4, 0.5) is 23.2 Å². The first kappa shape index (κ1) is 13.0. The minimum absolute atomic E-state index is 0.0330. The van der Waals surface area contributed by atoms with Crippen LogP contribution in [0.5, 0.6) is 0 Å². The average Bonchev–Trinajstić information content (AvgIpc) is 2.13. The Morgan fingerprint density at radius 2 is 1.94 bits per heavy atom. The van der Waals surface area contributed by atoms with Crippen LogP contribution >= 0.6 is 0 Å². The Morgan fingerprint density at radius 1 is 1.31 bits per heavy atom. The predicted molar refractivity (Wildman–Crippen MR) is 52.8 cm³/mol. The maximum absolute atomic E-state index is 12.6. The molecule has 1 aromatic carbocycles. The lowest BCUT2D eigenvalue weighted by Crippen LogP contribution is -2.13. The van der Waals surface area contributed by atoms with Crippen LogP contribution in [0.1, 0.15) is 6.42 Å². The first-order valence-electron chi connectivity index (χ1n) is 4.30. The molecular weight excluding hydrogens is 246 g/mol. The molecule has 0 aliphatic heterocycles. The van der Waals surface area contributed by atoms with E-state index < -0.39 is 35.0 Å². The van der Waals surface area contributed by atoms with Crippen molar-refractivity contribution in [3.8, 4) is 0 Å². The molecule has 7 heteroatoms. The molecule has 1 aromatic rings. The van der Waals surface area contributed by atoms with Crippen LogP contribution in [0.25, 0.3) is 0 Å². The van der Waals surface area contributed by atoms with Crippen LogP contribution in [0.2, 0.25) is 0 Å². The third-order valence-corrected chi connectivity index (χ3v) is 3.23. The van der Waals surface area contributed by atoms with Gasteiger partial charge in [0.2, 0.25) is 0 Å².